The van der Waals surface area contributed by atoms with E-state index in [1.807, 2.05) is 0 Å². The Bertz CT molecular complexity index is 553. The first-order valence-electron chi connectivity index (χ1n) is 3.97. The number of halogens is 1. The van der Waals surface area contributed by atoms with E-state index in [0.717, 1.165) is 0 Å². The molecule has 2 rings (SSSR count). The van der Waals surface area contributed by atoms with E-state index in [0.29, 0.717) is 10.9 Å². The number of aromatic hydroxyl groups is 1. The molecule has 2 aromatic rings. The zero-order valence-corrected chi connectivity index (χ0v) is 7.40. The van der Waals surface area contributed by atoms with Gasteiger partial charge in [0.15, 0.2) is 4.98 Å². The highest BCUT2D eigenvalue weighted by molar-refractivity contribution is 5.96. The Balaban J connectivity index is 2.98. The second-order valence-corrected chi connectivity index (χ2v) is 2.99. The average molecular weight is 192 g/mol. The largest absolute Gasteiger partial charge is 0.489 e. The Morgan fingerprint density at radius 1 is 1.50 bits per heavy atom. The van der Waals surface area contributed by atoms with Crippen molar-refractivity contribution in [2.24, 2.45) is 7.05 Å². The van der Waals surface area contributed by atoms with Gasteiger partial charge in [0.1, 0.15) is 11.2 Å². The van der Waals surface area contributed by atoms with E-state index in [1.165, 1.54) is 22.8 Å². The third kappa shape index (κ3) is 0.941. The summed E-state index contributed by atoms with van der Waals surface area (Å²) < 4.78 is 14.3. The predicted octanol–water partition coefficient (Wildman–Crippen LogP) is 2.51. The predicted molar refractivity (Wildman–Crippen MR) is 49.3 cm³/mol. The minimum absolute atomic E-state index is 0.0120. The molecule has 1 N–H and O–H groups in total. The third-order valence-electron chi connectivity index (χ3n) is 2.20. The summed E-state index contributed by atoms with van der Waals surface area (Å²) in [6.45, 7) is 0. The Kier molecular flexibility index (Phi) is 1.64. The zero-order chi connectivity index (χ0) is 10.3. The van der Waals surface area contributed by atoms with Crippen LogP contribution in [0.1, 0.15) is 0 Å². The fourth-order valence-electron chi connectivity index (χ4n) is 1.48. The smallest absolute Gasteiger partial charge is 0.453 e. The van der Waals surface area contributed by atoms with E-state index >= 15 is 0 Å². The lowest BCUT2D eigenvalue weighted by Gasteiger charge is -1.93. The van der Waals surface area contributed by atoms with Gasteiger partial charge in [0.05, 0.1) is 5.52 Å². The third-order valence-corrected chi connectivity index (χ3v) is 2.20. The highest BCUT2D eigenvalue weighted by Gasteiger charge is 2.25. The number of fused-ring (bicyclic) bond motifs is 1. The Hall–Kier alpha value is -2.09. The van der Waals surface area contributed by atoms with E-state index in [4.69, 9.17) is 5.39 Å². The molecule has 0 aliphatic rings. The molecule has 0 radical (unpaired) electrons. The Morgan fingerprint density at radius 2 is 2.21 bits per heavy atom. The highest BCUT2D eigenvalue weighted by Crippen LogP contribution is 2.37. The summed E-state index contributed by atoms with van der Waals surface area (Å²) >= 11 is 0. The van der Waals surface area contributed by atoms with Crippen LogP contribution in [0.4, 0.5) is 10.1 Å². The van der Waals surface area contributed by atoms with Crippen LogP contribution in [0.2, 0.25) is 0 Å². The second kappa shape index (κ2) is 2.70. The van der Waals surface area contributed by atoms with E-state index < -0.39 is 5.82 Å². The first kappa shape index (κ1) is 8.51. The number of nitrogens with zero attached hydrogens (tertiary/aromatic N) is 3. The monoisotopic (exact) mass is 192 g/mol. The lowest BCUT2D eigenvalue weighted by atomic mass is 10.2. The lowest BCUT2D eigenvalue weighted by Crippen LogP contribution is -1.85. The van der Waals surface area contributed by atoms with Crippen molar-refractivity contribution < 1.29 is 9.50 Å². The van der Waals surface area contributed by atoms with Gasteiger partial charge < -0.3 is 9.67 Å². The molecule has 1 aromatic carbocycles. The molecule has 0 atom stereocenters. The minimum atomic E-state index is -0.437. The molecule has 70 valence electrons. The summed E-state index contributed by atoms with van der Waals surface area (Å²) in [4.78, 5) is 2.92. The molecule has 1 heterocycles. The van der Waals surface area contributed by atoms with Gasteiger partial charge in [0.25, 0.3) is 5.88 Å². The molecule has 1 aromatic heterocycles. The molecule has 0 aliphatic heterocycles. The quantitative estimate of drug-likeness (QED) is 0.652. The Labute approximate surface area is 78.8 Å². The van der Waals surface area contributed by atoms with Crippen molar-refractivity contribution in [3.8, 4) is 5.88 Å². The summed E-state index contributed by atoms with van der Waals surface area (Å²) in [6.07, 6.45) is 0. The second-order valence-electron chi connectivity index (χ2n) is 2.99. The highest BCUT2D eigenvalue weighted by atomic mass is 19.1. The van der Waals surface area contributed by atoms with Crippen LogP contribution in [-0.4, -0.2) is 9.67 Å². The van der Waals surface area contributed by atoms with Crippen LogP contribution in [-0.2, 0) is 7.05 Å². The van der Waals surface area contributed by atoms with Crippen LogP contribution >= 0.6 is 0 Å². The van der Waals surface area contributed by atoms with Crippen molar-refractivity contribution >= 4 is 16.6 Å². The van der Waals surface area contributed by atoms with Crippen molar-refractivity contribution in [1.29, 1.82) is 5.39 Å². The van der Waals surface area contributed by atoms with Crippen molar-refractivity contribution in [3.63, 3.8) is 0 Å². The van der Waals surface area contributed by atoms with Crippen LogP contribution in [0.25, 0.3) is 15.9 Å². The van der Waals surface area contributed by atoms with Gasteiger partial charge in [-0.25, -0.2) is 4.39 Å². The van der Waals surface area contributed by atoms with Crippen LogP contribution in [0.15, 0.2) is 18.2 Å². The van der Waals surface area contributed by atoms with Crippen LogP contribution in [0.5, 0.6) is 5.88 Å². The van der Waals surface area contributed by atoms with Crippen molar-refractivity contribution in [3.05, 3.63) is 29.0 Å². The summed E-state index contributed by atoms with van der Waals surface area (Å²) in [6, 6.07) is 4.01. The lowest BCUT2D eigenvalue weighted by molar-refractivity contribution is 0.438. The van der Waals surface area contributed by atoms with Gasteiger partial charge in [-0.05, 0) is 18.2 Å². The number of hydrogen-bond acceptors (Lipinski definition) is 2. The van der Waals surface area contributed by atoms with Gasteiger partial charge in [-0.2, -0.15) is 0 Å². The maximum Gasteiger partial charge on any atom is 0.453 e. The molecule has 0 fully saturated rings. The standard InChI is InChI=1S/C9H6FN3O/c1-13-7-3-2-5(10)4-6(7)8(12-11)9(13)14/h2-4H,1H3/p+1. The van der Waals surface area contributed by atoms with Crippen molar-refractivity contribution in [2.45, 2.75) is 0 Å². The van der Waals surface area contributed by atoms with Gasteiger partial charge in [0.2, 0.25) is 5.39 Å². The van der Waals surface area contributed by atoms with Crippen LogP contribution in [0.3, 0.4) is 0 Å². The van der Waals surface area contributed by atoms with E-state index in [-0.39, 0.29) is 11.6 Å². The Morgan fingerprint density at radius 3 is 2.86 bits per heavy atom. The summed E-state index contributed by atoms with van der Waals surface area (Å²) in [7, 11) is 1.60. The molecule has 5 heteroatoms. The summed E-state index contributed by atoms with van der Waals surface area (Å²) in [5.74, 6) is -0.624. The molecule has 0 saturated heterocycles. The number of aryl methyl sites for hydroxylation is 1. The number of aromatic nitrogens is 1. The number of rotatable bonds is 0. The molecule has 0 spiro atoms. The molecule has 0 saturated carbocycles. The fraction of sp³-hybridized carbons (Fsp3) is 0.111. The molecule has 4 nitrogen and oxygen atoms in total. The minimum Gasteiger partial charge on any atom is -0.489 e. The van der Waals surface area contributed by atoms with Gasteiger partial charge in [0, 0.05) is 7.05 Å². The van der Waals surface area contributed by atoms with Crippen LogP contribution < -0.4 is 0 Å². The molecule has 0 bridgehead atoms. The SMILES string of the molecule is Cn1c(O)c([N+]#N)c2cc(F)ccc21. The number of hydrogen-bond donors (Lipinski definition) is 1. The summed E-state index contributed by atoms with van der Waals surface area (Å²) in [5, 5.41) is 18.5. The average Bonchev–Trinajstić information content (AvgIpc) is 2.39. The van der Waals surface area contributed by atoms with Crippen molar-refractivity contribution in [2.75, 3.05) is 0 Å². The first-order chi connectivity index (χ1) is 6.65. The maximum absolute atomic E-state index is 12.9. The fourth-order valence-corrected chi connectivity index (χ4v) is 1.48. The maximum atomic E-state index is 12.9. The van der Waals surface area contributed by atoms with E-state index in [2.05, 4.69) is 4.98 Å². The summed E-state index contributed by atoms with van der Waals surface area (Å²) in [5.41, 5.74) is 0.596. The molecular formula is C9H7FN3O+. The molecular weight excluding hydrogens is 185 g/mol. The molecule has 0 unspecified atom stereocenters. The van der Waals surface area contributed by atoms with E-state index in [9.17, 15) is 9.50 Å². The van der Waals surface area contributed by atoms with E-state index in [1.54, 1.807) is 7.05 Å². The van der Waals surface area contributed by atoms with Gasteiger partial charge in [-0.15, -0.1) is 0 Å². The van der Waals surface area contributed by atoms with Crippen molar-refractivity contribution in [1.82, 2.24) is 4.57 Å². The number of benzene rings is 1. The zero-order valence-electron chi connectivity index (χ0n) is 7.40. The molecule has 14 heavy (non-hydrogen) atoms. The normalized spacial score (nSPS) is 10.4. The van der Waals surface area contributed by atoms with Gasteiger partial charge in [-0.1, -0.05) is 0 Å². The number of diazo groups is 1. The first-order valence-corrected chi connectivity index (χ1v) is 3.97. The molecule has 0 amide bonds. The topological polar surface area (TPSA) is 53.3 Å². The van der Waals surface area contributed by atoms with Gasteiger partial charge in [-0.3, -0.25) is 0 Å². The molecule has 0 aliphatic carbocycles. The van der Waals surface area contributed by atoms with Gasteiger partial charge >= 0.3 is 5.69 Å². The van der Waals surface area contributed by atoms with Crippen LogP contribution in [0, 0.1) is 11.2 Å².